The van der Waals surface area contributed by atoms with Gasteiger partial charge in [-0.05, 0) is 12.1 Å². The monoisotopic (exact) mass is 268 g/mol. The van der Waals surface area contributed by atoms with Crippen molar-refractivity contribution in [2.75, 3.05) is 0 Å². The van der Waals surface area contributed by atoms with E-state index >= 15 is 0 Å². The van der Waals surface area contributed by atoms with Crippen molar-refractivity contribution < 1.29 is 57.2 Å². The third kappa shape index (κ3) is 6.54. The van der Waals surface area contributed by atoms with E-state index in [2.05, 4.69) is 0 Å². The summed E-state index contributed by atoms with van der Waals surface area (Å²) in [5.41, 5.74) is -0.440. The molecule has 2 N–H and O–H groups in total. The molecule has 1 aromatic carbocycles. The molecule has 0 saturated carbocycles. The van der Waals surface area contributed by atoms with E-state index in [1.54, 1.807) is 0 Å². The van der Waals surface area contributed by atoms with Crippen LogP contribution in [0.5, 0.6) is 0 Å². The molecule has 0 aliphatic rings. The first-order valence-corrected chi connectivity index (χ1v) is 5.37. The van der Waals surface area contributed by atoms with Crippen LogP contribution >= 0.6 is 0 Å². The Morgan fingerprint density at radius 3 is 2.00 bits per heavy atom. The molecule has 6 nitrogen and oxygen atoms in total. The molecule has 1 aromatic rings. The number of carboxylic acids is 1. The summed E-state index contributed by atoms with van der Waals surface area (Å²) in [4.78, 5) is 18.6. The molecule has 0 fully saturated rings. The van der Waals surface area contributed by atoms with E-state index in [4.69, 9.17) is 14.5 Å². The molecule has 0 bridgehead atoms. The average molecular weight is 268 g/mol. The van der Waals surface area contributed by atoms with Gasteiger partial charge in [0.15, 0.2) is 0 Å². The van der Waals surface area contributed by atoms with Crippen LogP contribution in [0.15, 0.2) is 29.2 Å². The molecule has 0 radical (unpaired) electrons. The van der Waals surface area contributed by atoms with Crippen LogP contribution in [0.25, 0.3) is 0 Å². The third-order valence-electron chi connectivity index (χ3n) is 1.40. The summed E-state index contributed by atoms with van der Waals surface area (Å²) in [5.74, 6) is -1.40. The van der Waals surface area contributed by atoms with Gasteiger partial charge in [0.2, 0.25) is 0 Å². The van der Waals surface area contributed by atoms with E-state index in [0.29, 0.717) is 0 Å². The molecule has 0 aromatic heterocycles. The summed E-state index contributed by atoms with van der Waals surface area (Å²) in [6, 6.07) is 4.83. The van der Waals surface area contributed by atoms with Gasteiger partial charge < -0.3 is 9.90 Å². The molecular weight excluding hydrogens is 259 g/mol. The Labute approximate surface area is 121 Å². The van der Waals surface area contributed by atoms with Gasteiger partial charge in [-0.1, -0.05) is 12.1 Å². The SMILES string of the molecule is C[C-]=O.O=C(O)c1ccccc1S(=O)(=O)O.[Na+]. The third-order valence-corrected chi connectivity index (χ3v) is 2.31. The normalized spacial score (nSPS) is 9.29. The first-order valence-electron chi connectivity index (χ1n) is 3.93. The molecule has 1 rings (SSSR count). The van der Waals surface area contributed by atoms with Gasteiger partial charge in [0.1, 0.15) is 4.90 Å². The summed E-state index contributed by atoms with van der Waals surface area (Å²) < 4.78 is 29.9. The topological polar surface area (TPSA) is 109 Å². The summed E-state index contributed by atoms with van der Waals surface area (Å²) in [7, 11) is -4.46. The average Bonchev–Trinajstić information content (AvgIpc) is 2.17. The minimum atomic E-state index is -4.46. The molecule has 88 valence electrons. The molecule has 17 heavy (non-hydrogen) atoms. The van der Waals surface area contributed by atoms with Crippen molar-refractivity contribution >= 4 is 22.4 Å². The van der Waals surface area contributed by atoms with Gasteiger partial charge in [0.25, 0.3) is 10.1 Å². The fraction of sp³-hybridized carbons (Fsp3) is 0.111. The van der Waals surface area contributed by atoms with Crippen molar-refractivity contribution in [1.82, 2.24) is 0 Å². The molecule has 0 amide bonds. The summed E-state index contributed by atoms with van der Waals surface area (Å²) in [5, 5.41) is 8.55. The summed E-state index contributed by atoms with van der Waals surface area (Å²) in [6.07, 6.45) is 1.50. The number of hydrogen-bond acceptors (Lipinski definition) is 4. The second-order valence-corrected chi connectivity index (χ2v) is 3.87. The van der Waals surface area contributed by atoms with Crippen LogP contribution in [0.1, 0.15) is 17.3 Å². The zero-order valence-corrected chi connectivity index (χ0v) is 12.1. The number of carboxylic acid groups (broad SMARTS) is 1. The van der Waals surface area contributed by atoms with Crippen LogP contribution in [-0.4, -0.2) is 30.3 Å². The van der Waals surface area contributed by atoms with E-state index in [0.717, 1.165) is 12.1 Å². The molecule has 8 heteroatoms. The van der Waals surface area contributed by atoms with Crippen LogP contribution in [0, 0.1) is 0 Å². The van der Waals surface area contributed by atoms with Crippen LogP contribution in [-0.2, 0) is 14.9 Å². The number of carbonyl (C=O) groups excluding carboxylic acids is 1. The second kappa shape index (κ2) is 8.37. The van der Waals surface area contributed by atoms with Crippen molar-refractivity contribution in [3.05, 3.63) is 29.8 Å². The predicted molar refractivity (Wildman–Crippen MR) is 54.6 cm³/mol. The van der Waals surface area contributed by atoms with Crippen molar-refractivity contribution in [1.29, 1.82) is 0 Å². The fourth-order valence-electron chi connectivity index (χ4n) is 0.868. The van der Waals surface area contributed by atoms with E-state index in [1.807, 2.05) is 0 Å². The first-order chi connectivity index (χ1) is 7.34. The van der Waals surface area contributed by atoms with E-state index in [-0.39, 0.29) is 29.6 Å². The summed E-state index contributed by atoms with van der Waals surface area (Å²) in [6.45, 7) is 1.32. The predicted octanol–water partition coefficient (Wildman–Crippen LogP) is -2.25. The van der Waals surface area contributed by atoms with Crippen molar-refractivity contribution in [3.63, 3.8) is 0 Å². The van der Waals surface area contributed by atoms with Crippen LogP contribution in [0.2, 0.25) is 0 Å². The van der Waals surface area contributed by atoms with Crippen molar-refractivity contribution in [2.45, 2.75) is 11.8 Å². The maximum atomic E-state index is 10.7. The van der Waals surface area contributed by atoms with Gasteiger partial charge in [-0.2, -0.15) is 15.3 Å². The smallest absolute Gasteiger partial charge is 0.542 e. The first kappa shape index (κ1) is 18.6. The van der Waals surface area contributed by atoms with Gasteiger partial charge in [0.05, 0.1) is 5.56 Å². The van der Waals surface area contributed by atoms with Gasteiger partial charge in [-0.3, -0.25) is 10.8 Å². The fourth-order valence-corrected chi connectivity index (χ4v) is 1.55. The molecule has 0 aliphatic carbocycles. The van der Waals surface area contributed by atoms with Crippen molar-refractivity contribution in [3.8, 4) is 0 Å². The van der Waals surface area contributed by atoms with Crippen LogP contribution < -0.4 is 29.6 Å². The maximum Gasteiger partial charge on any atom is 1.00 e. The molecular formula is C9H9NaO6S. The Kier molecular flexibility index (Phi) is 9.18. The maximum absolute atomic E-state index is 10.7. The summed E-state index contributed by atoms with van der Waals surface area (Å²) >= 11 is 0. The second-order valence-electron chi connectivity index (χ2n) is 2.48. The number of aromatic carboxylic acids is 1. The Bertz CT molecular complexity index is 482. The van der Waals surface area contributed by atoms with Crippen LogP contribution in [0.4, 0.5) is 0 Å². The molecule has 0 aliphatic heterocycles. The van der Waals surface area contributed by atoms with Gasteiger partial charge in [0, 0.05) is 0 Å². The molecule has 0 heterocycles. The Hall–Kier alpha value is -0.730. The Morgan fingerprint density at radius 2 is 1.71 bits per heavy atom. The quantitative estimate of drug-likeness (QED) is 0.356. The van der Waals surface area contributed by atoms with E-state index in [9.17, 15) is 13.2 Å². The van der Waals surface area contributed by atoms with Gasteiger partial charge >= 0.3 is 35.5 Å². The number of benzene rings is 1. The molecule has 0 unspecified atom stereocenters. The molecule has 0 spiro atoms. The zero-order chi connectivity index (χ0) is 12.8. The number of carbonyl (C=O) groups is 1. The minimum absolute atomic E-state index is 0. The molecule has 0 saturated heterocycles. The molecule has 0 atom stereocenters. The Morgan fingerprint density at radius 1 is 1.29 bits per heavy atom. The van der Waals surface area contributed by atoms with Crippen LogP contribution in [0.3, 0.4) is 0 Å². The van der Waals surface area contributed by atoms with E-state index in [1.165, 1.54) is 25.3 Å². The number of rotatable bonds is 2. The largest absolute Gasteiger partial charge is 1.00 e. The number of hydrogen-bond donors (Lipinski definition) is 2. The van der Waals surface area contributed by atoms with E-state index < -0.39 is 26.5 Å². The van der Waals surface area contributed by atoms with Crippen molar-refractivity contribution in [2.24, 2.45) is 0 Å². The Balaban J connectivity index is 0. The van der Waals surface area contributed by atoms with Gasteiger partial charge in [-0.25, -0.2) is 4.79 Å². The van der Waals surface area contributed by atoms with Gasteiger partial charge in [-0.15, -0.1) is 0 Å². The standard InChI is InChI=1S/C7H6O5S.C2H3O.Na/c8-7(9)5-3-1-2-4-6(5)13(10,11)12;1-2-3;/h1-4H,(H,8,9)(H,10,11,12);1H3;/q;-1;+1. The zero-order valence-electron chi connectivity index (χ0n) is 9.25. The minimum Gasteiger partial charge on any atom is -0.542 e.